The van der Waals surface area contributed by atoms with Crippen molar-refractivity contribution in [1.82, 2.24) is 19.9 Å². The van der Waals surface area contributed by atoms with E-state index in [0.29, 0.717) is 24.2 Å². The third-order valence-corrected chi connectivity index (χ3v) is 3.47. The number of rotatable bonds is 5. The molecule has 108 valence electrons. The van der Waals surface area contributed by atoms with Gasteiger partial charge in [0.1, 0.15) is 5.56 Å². The number of aliphatic hydroxyl groups excluding tert-OH is 1. The Labute approximate surface area is 125 Å². The molecule has 2 aromatic heterocycles. The molecule has 1 unspecified atom stereocenters. The Balaban J connectivity index is 2.01. The number of amides is 1. The fraction of sp³-hybridized carbons (Fsp3) is 0.462. The van der Waals surface area contributed by atoms with E-state index in [9.17, 15) is 9.90 Å². The van der Waals surface area contributed by atoms with Crippen molar-refractivity contribution in [2.24, 2.45) is 5.92 Å². The number of carbonyl (C=O) groups excluding carboxylic acids is 1. The van der Waals surface area contributed by atoms with Crippen LogP contribution in [0, 0.1) is 5.92 Å². The van der Waals surface area contributed by atoms with Crippen molar-refractivity contribution < 1.29 is 9.90 Å². The summed E-state index contributed by atoms with van der Waals surface area (Å²) in [5.74, 6) is -0.0475. The molecule has 0 aliphatic heterocycles. The Kier molecular flexibility index (Phi) is 4.72. The van der Waals surface area contributed by atoms with Crippen LogP contribution in [0.4, 0.5) is 0 Å². The van der Waals surface area contributed by atoms with Gasteiger partial charge in [0, 0.05) is 18.9 Å². The van der Waals surface area contributed by atoms with Crippen molar-refractivity contribution in [3.8, 4) is 0 Å². The van der Waals surface area contributed by atoms with Crippen LogP contribution in [-0.4, -0.2) is 38.3 Å². The van der Waals surface area contributed by atoms with Gasteiger partial charge in [0.15, 0.2) is 5.65 Å². The number of fused-ring (bicyclic) bond motifs is 1. The molecule has 1 atom stereocenters. The normalized spacial score (nSPS) is 12.8. The van der Waals surface area contributed by atoms with Crippen LogP contribution in [0.1, 0.15) is 30.6 Å². The lowest BCUT2D eigenvalue weighted by Gasteiger charge is -2.14. The predicted octanol–water partition coefficient (Wildman–Crippen LogP) is 1.63. The first kappa shape index (κ1) is 14.9. The minimum Gasteiger partial charge on any atom is -0.393 e. The van der Waals surface area contributed by atoms with E-state index in [1.165, 1.54) is 6.20 Å². The molecule has 0 bridgehead atoms. The minimum atomic E-state index is -0.409. The third kappa shape index (κ3) is 3.34. The Bertz CT molecular complexity index is 611. The van der Waals surface area contributed by atoms with E-state index in [-0.39, 0.29) is 11.8 Å². The summed E-state index contributed by atoms with van der Waals surface area (Å²) >= 11 is 3.30. The fourth-order valence-electron chi connectivity index (χ4n) is 1.77. The third-order valence-electron chi connectivity index (χ3n) is 3.06. The molecular weight excluding hydrogens is 324 g/mol. The molecule has 2 aromatic rings. The zero-order valence-electron chi connectivity index (χ0n) is 11.4. The zero-order valence-corrected chi connectivity index (χ0v) is 13.0. The Morgan fingerprint density at radius 2 is 2.25 bits per heavy atom. The van der Waals surface area contributed by atoms with Gasteiger partial charge in [-0.3, -0.25) is 4.79 Å². The molecule has 0 spiro atoms. The monoisotopic (exact) mass is 340 g/mol. The largest absolute Gasteiger partial charge is 0.393 e. The number of nitrogens with zero attached hydrogens (tertiary/aromatic N) is 3. The standard InChI is InChI=1S/C13H17BrN4O2/c1-8(2)11(19)3-4-15-13(20)10-6-17-18-7-9(14)5-16-12(10)18/h5-8,11,19H,3-4H2,1-2H3,(H,15,20). The molecule has 0 aromatic carbocycles. The maximum Gasteiger partial charge on any atom is 0.256 e. The molecule has 0 radical (unpaired) electrons. The Morgan fingerprint density at radius 3 is 2.95 bits per heavy atom. The Morgan fingerprint density at radius 1 is 1.50 bits per heavy atom. The second-order valence-electron chi connectivity index (χ2n) is 4.95. The van der Waals surface area contributed by atoms with Crippen molar-refractivity contribution >= 4 is 27.5 Å². The first-order valence-corrected chi connectivity index (χ1v) is 7.23. The molecule has 2 rings (SSSR count). The van der Waals surface area contributed by atoms with Gasteiger partial charge < -0.3 is 10.4 Å². The summed E-state index contributed by atoms with van der Waals surface area (Å²) in [5.41, 5.74) is 0.937. The lowest BCUT2D eigenvalue weighted by atomic mass is 10.0. The summed E-state index contributed by atoms with van der Waals surface area (Å²) in [6, 6.07) is 0. The Hall–Kier alpha value is -1.47. The molecule has 20 heavy (non-hydrogen) atoms. The van der Waals surface area contributed by atoms with Crippen molar-refractivity contribution in [1.29, 1.82) is 0 Å². The van der Waals surface area contributed by atoms with Crippen LogP contribution in [0.25, 0.3) is 5.65 Å². The van der Waals surface area contributed by atoms with Gasteiger partial charge in [-0.25, -0.2) is 9.50 Å². The topological polar surface area (TPSA) is 79.5 Å². The average molecular weight is 341 g/mol. The van der Waals surface area contributed by atoms with Gasteiger partial charge in [-0.1, -0.05) is 13.8 Å². The van der Waals surface area contributed by atoms with E-state index in [1.807, 2.05) is 13.8 Å². The first-order valence-electron chi connectivity index (χ1n) is 6.44. The zero-order chi connectivity index (χ0) is 14.7. The van der Waals surface area contributed by atoms with Gasteiger partial charge >= 0.3 is 0 Å². The highest BCUT2D eigenvalue weighted by Gasteiger charge is 2.15. The van der Waals surface area contributed by atoms with Crippen LogP contribution in [0.15, 0.2) is 23.1 Å². The molecule has 1 amide bonds. The van der Waals surface area contributed by atoms with E-state index < -0.39 is 6.10 Å². The van der Waals surface area contributed by atoms with Gasteiger partial charge in [0.25, 0.3) is 5.91 Å². The number of hydrogen-bond acceptors (Lipinski definition) is 4. The fourth-order valence-corrected chi connectivity index (χ4v) is 2.07. The molecule has 0 fully saturated rings. The lowest BCUT2D eigenvalue weighted by molar-refractivity contribution is 0.0921. The summed E-state index contributed by atoms with van der Waals surface area (Å²) in [5, 5.41) is 16.5. The second kappa shape index (κ2) is 6.32. The van der Waals surface area contributed by atoms with Crippen molar-refractivity contribution in [3.05, 3.63) is 28.6 Å². The molecule has 7 heteroatoms. The number of carbonyl (C=O) groups is 1. The molecular formula is C13H17BrN4O2. The molecule has 2 N–H and O–H groups in total. The van der Waals surface area contributed by atoms with Gasteiger partial charge in [0.2, 0.25) is 0 Å². The molecule has 0 aliphatic rings. The average Bonchev–Trinajstić information content (AvgIpc) is 2.81. The maximum atomic E-state index is 12.1. The van der Waals surface area contributed by atoms with Gasteiger partial charge in [-0.15, -0.1) is 0 Å². The van der Waals surface area contributed by atoms with Crippen LogP contribution in [-0.2, 0) is 0 Å². The van der Waals surface area contributed by atoms with E-state index in [0.717, 1.165) is 4.47 Å². The highest BCUT2D eigenvalue weighted by Crippen LogP contribution is 2.12. The maximum absolute atomic E-state index is 12.1. The second-order valence-corrected chi connectivity index (χ2v) is 5.87. The molecule has 6 nitrogen and oxygen atoms in total. The summed E-state index contributed by atoms with van der Waals surface area (Å²) < 4.78 is 2.34. The van der Waals surface area contributed by atoms with Crippen LogP contribution in [0.2, 0.25) is 0 Å². The summed E-state index contributed by atoms with van der Waals surface area (Å²) in [4.78, 5) is 16.2. The van der Waals surface area contributed by atoms with Crippen LogP contribution in [0.5, 0.6) is 0 Å². The predicted molar refractivity (Wildman–Crippen MR) is 78.5 cm³/mol. The molecule has 0 saturated heterocycles. The van der Waals surface area contributed by atoms with Gasteiger partial charge in [-0.05, 0) is 28.3 Å². The summed E-state index contributed by atoms with van der Waals surface area (Å²) in [7, 11) is 0. The van der Waals surface area contributed by atoms with E-state index in [4.69, 9.17) is 0 Å². The van der Waals surface area contributed by atoms with E-state index >= 15 is 0 Å². The quantitative estimate of drug-likeness (QED) is 0.866. The van der Waals surface area contributed by atoms with Crippen molar-refractivity contribution in [2.45, 2.75) is 26.4 Å². The van der Waals surface area contributed by atoms with E-state index in [2.05, 4.69) is 31.3 Å². The summed E-state index contributed by atoms with van der Waals surface area (Å²) in [6.45, 7) is 4.31. The van der Waals surface area contributed by atoms with Crippen molar-refractivity contribution in [2.75, 3.05) is 6.54 Å². The lowest BCUT2D eigenvalue weighted by Crippen LogP contribution is -2.28. The van der Waals surface area contributed by atoms with Crippen LogP contribution in [0.3, 0.4) is 0 Å². The number of halogens is 1. The first-order chi connectivity index (χ1) is 9.49. The minimum absolute atomic E-state index is 0.183. The van der Waals surface area contributed by atoms with Crippen LogP contribution < -0.4 is 5.32 Å². The molecule has 0 aliphatic carbocycles. The highest BCUT2D eigenvalue weighted by molar-refractivity contribution is 9.10. The number of hydrogen-bond donors (Lipinski definition) is 2. The highest BCUT2D eigenvalue weighted by atomic mass is 79.9. The SMILES string of the molecule is CC(C)C(O)CCNC(=O)c1cnn2cc(Br)cnc12. The number of aromatic nitrogens is 3. The van der Waals surface area contributed by atoms with Crippen LogP contribution >= 0.6 is 15.9 Å². The van der Waals surface area contributed by atoms with Gasteiger partial charge in [0.05, 0.1) is 16.8 Å². The summed E-state index contributed by atoms with van der Waals surface area (Å²) in [6.07, 6.45) is 4.97. The van der Waals surface area contributed by atoms with Crippen molar-refractivity contribution in [3.63, 3.8) is 0 Å². The van der Waals surface area contributed by atoms with Gasteiger partial charge in [-0.2, -0.15) is 5.10 Å². The van der Waals surface area contributed by atoms with E-state index in [1.54, 1.807) is 16.9 Å². The number of nitrogens with one attached hydrogen (secondary N) is 1. The number of aliphatic hydroxyl groups is 1. The molecule has 0 saturated carbocycles. The smallest absolute Gasteiger partial charge is 0.256 e. The molecule has 2 heterocycles.